The molecule has 1 saturated heterocycles. The molecule has 1 aliphatic heterocycles. The first-order chi connectivity index (χ1) is 10.6. The van der Waals surface area contributed by atoms with Gasteiger partial charge in [0, 0.05) is 39.4 Å². The number of nitrogens with one attached hydrogen (secondary N) is 1. The molecule has 116 valence electrons. The summed E-state index contributed by atoms with van der Waals surface area (Å²) in [5.74, 6) is 1.45. The highest BCUT2D eigenvalue weighted by atomic mass is 16.1. The minimum absolute atomic E-state index is 0.0903. The van der Waals surface area contributed by atoms with E-state index in [-0.39, 0.29) is 5.56 Å². The molecule has 7 nitrogen and oxygen atoms in total. The lowest BCUT2D eigenvalue weighted by Crippen LogP contribution is -2.44. The topological polar surface area (TPSA) is 66.3 Å². The van der Waals surface area contributed by atoms with Crippen molar-refractivity contribution >= 4 is 17.3 Å². The molecule has 1 aliphatic rings. The van der Waals surface area contributed by atoms with E-state index < -0.39 is 0 Å². The molecule has 2 aromatic rings. The maximum absolute atomic E-state index is 12.0. The molecule has 0 amide bonds. The Bertz CT molecular complexity index is 688. The highest BCUT2D eigenvalue weighted by Gasteiger charge is 2.15. The highest BCUT2D eigenvalue weighted by Crippen LogP contribution is 2.15. The van der Waals surface area contributed by atoms with Gasteiger partial charge in [0.2, 0.25) is 0 Å². The average Bonchev–Trinajstić information content (AvgIpc) is 2.53. The summed E-state index contributed by atoms with van der Waals surface area (Å²) < 4.78 is 1.52. The lowest BCUT2D eigenvalue weighted by molar-refractivity contribution is 0.312. The molecule has 0 aliphatic carbocycles. The number of likely N-dealkylation sites (N-methyl/N-ethyl adjacent to an activating group) is 1. The minimum Gasteiger partial charge on any atom is -0.353 e. The number of hydrogen-bond acceptors (Lipinski definition) is 6. The molecule has 3 heterocycles. The summed E-state index contributed by atoms with van der Waals surface area (Å²) in [5, 5.41) is 11.5. The number of anilines is 3. The summed E-state index contributed by atoms with van der Waals surface area (Å²) in [5.41, 5.74) is 0.402. The van der Waals surface area contributed by atoms with Crippen LogP contribution >= 0.6 is 0 Å². The predicted octanol–water partition coefficient (Wildman–Crippen LogP) is 0.671. The zero-order chi connectivity index (χ0) is 15.5. The Kier molecular flexibility index (Phi) is 4.06. The smallest absolute Gasteiger partial charge is 0.274 e. The third-order valence-corrected chi connectivity index (χ3v) is 3.86. The second-order valence-electron chi connectivity index (χ2n) is 5.53. The number of aryl methyl sites for hydroxylation is 1. The second-order valence-corrected chi connectivity index (χ2v) is 5.53. The van der Waals surface area contributed by atoms with Crippen LogP contribution in [0.1, 0.15) is 0 Å². The lowest BCUT2D eigenvalue weighted by atomic mass is 10.3. The van der Waals surface area contributed by atoms with Gasteiger partial charge in [-0.25, -0.2) is 0 Å². The van der Waals surface area contributed by atoms with Crippen LogP contribution in [0, 0.1) is 0 Å². The van der Waals surface area contributed by atoms with Crippen molar-refractivity contribution in [3.63, 3.8) is 0 Å². The third kappa shape index (κ3) is 3.09. The van der Waals surface area contributed by atoms with Gasteiger partial charge in [0.15, 0.2) is 11.6 Å². The van der Waals surface area contributed by atoms with Crippen LogP contribution in [-0.4, -0.2) is 52.9 Å². The first-order valence-corrected chi connectivity index (χ1v) is 7.33. The number of nitrogens with zero attached hydrogens (tertiary/aromatic N) is 5. The summed E-state index contributed by atoms with van der Waals surface area (Å²) in [6, 6.07) is 7.34. The Labute approximate surface area is 129 Å². The SMILES string of the molecule is CN1CCN(c2ccc(Nc3cccn(C)c3=O)nn2)CC1. The molecule has 22 heavy (non-hydrogen) atoms. The van der Waals surface area contributed by atoms with Gasteiger partial charge in [-0.2, -0.15) is 0 Å². The van der Waals surface area contributed by atoms with Crippen LogP contribution in [0.25, 0.3) is 0 Å². The van der Waals surface area contributed by atoms with Gasteiger partial charge in [-0.3, -0.25) is 4.79 Å². The normalized spacial score (nSPS) is 15.8. The Hall–Kier alpha value is -2.41. The van der Waals surface area contributed by atoms with Gasteiger partial charge >= 0.3 is 0 Å². The molecular formula is C15H20N6O. The van der Waals surface area contributed by atoms with Gasteiger partial charge in [-0.15, -0.1) is 10.2 Å². The van der Waals surface area contributed by atoms with Gasteiger partial charge in [-0.05, 0) is 31.3 Å². The first-order valence-electron chi connectivity index (χ1n) is 7.33. The van der Waals surface area contributed by atoms with Crippen molar-refractivity contribution in [2.75, 3.05) is 43.4 Å². The maximum Gasteiger partial charge on any atom is 0.274 e. The van der Waals surface area contributed by atoms with Crippen molar-refractivity contribution in [1.82, 2.24) is 19.7 Å². The molecule has 0 unspecified atom stereocenters. The largest absolute Gasteiger partial charge is 0.353 e. The van der Waals surface area contributed by atoms with Gasteiger partial charge in [0.05, 0.1) is 0 Å². The average molecular weight is 300 g/mol. The van der Waals surface area contributed by atoms with Crippen LogP contribution < -0.4 is 15.8 Å². The number of aromatic nitrogens is 3. The second kappa shape index (κ2) is 6.15. The molecule has 0 aromatic carbocycles. The van der Waals surface area contributed by atoms with E-state index in [0.29, 0.717) is 11.5 Å². The Morgan fingerprint density at radius 2 is 1.82 bits per heavy atom. The zero-order valence-electron chi connectivity index (χ0n) is 12.9. The van der Waals surface area contributed by atoms with E-state index in [2.05, 4.69) is 32.4 Å². The summed E-state index contributed by atoms with van der Waals surface area (Å²) in [4.78, 5) is 16.5. The van der Waals surface area contributed by atoms with Crippen LogP contribution in [-0.2, 0) is 7.05 Å². The predicted molar refractivity (Wildman–Crippen MR) is 86.7 cm³/mol. The zero-order valence-corrected chi connectivity index (χ0v) is 12.9. The molecule has 0 spiro atoms. The molecule has 0 atom stereocenters. The number of piperazine rings is 1. The summed E-state index contributed by atoms with van der Waals surface area (Å²) in [6.07, 6.45) is 1.72. The molecule has 1 N–H and O–H groups in total. The number of pyridine rings is 1. The van der Waals surface area contributed by atoms with E-state index in [1.165, 1.54) is 4.57 Å². The van der Waals surface area contributed by atoms with Crippen LogP contribution in [0.5, 0.6) is 0 Å². The van der Waals surface area contributed by atoms with Crippen molar-refractivity contribution in [2.45, 2.75) is 0 Å². The Morgan fingerprint density at radius 1 is 1.05 bits per heavy atom. The van der Waals surface area contributed by atoms with Gasteiger partial charge in [0.25, 0.3) is 5.56 Å². The van der Waals surface area contributed by atoms with Crippen molar-refractivity contribution in [3.8, 4) is 0 Å². The van der Waals surface area contributed by atoms with Crippen molar-refractivity contribution in [2.24, 2.45) is 7.05 Å². The molecule has 0 saturated carbocycles. The molecule has 0 bridgehead atoms. The van der Waals surface area contributed by atoms with Crippen LogP contribution in [0.3, 0.4) is 0 Å². The van der Waals surface area contributed by atoms with E-state index in [1.807, 2.05) is 18.2 Å². The fraction of sp³-hybridized carbons (Fsp3) is 0.400. The molecule has 2 aromatic heterocycles. The fourth-order valence-electron chi connectivity index (χ4n) is 2.43. The monoisotopic (exact) mass is 300 g/mol. The van der Waals surface area contributed by atoms with Gasteiger partial charge in [0.1, 0.15) is 5.69 Å². The van der Waals surface area contributed by atoms with Crippen molar-refractivity contribution in [3.05, 3.63) is 40.8 Å². The lowest BCUT2D eigenvalue weighted by Gasteiger charge is -2.32. The molecule has 1 fully saturated rings. The first kappa shape index (κ1) is 14.5. The van der Waals surface area contributed by atoms with Gasteiger partial charge < -0.3 is 19.7 Å². The van der Waals surface area contributed by atoms with Crippen molar-refractivity contribution < 1.29 is 0 Å². The van der Waals surface area contributed by atoms with Crippen LogP contribution in [0.2, 0.25) is 0 Å². The standard InChI is InChI=1S/C15H20N6O/c1-19-8-10-21(11-9-19)14-6-5-13(17-18-14)16-12-4-3-7-20(2)15(12)22/h3-7H,8-11H2,1-2H3,(H,16,17). The number of rotatable bonds is 3. The fourth-order valence-corrected chi connectivity index (χ4v) is 2.43. The van der Waals surface area contributed by atoms with E-state index in [4.69, 9.17) is 0 Å². The molecule has 0 radical (unpaired) electrons. The number of hydrogen-bond donors (Lipinski definition) is 1. The summed E-state index contributed by atoms with van der Waals surface area (Å²) in [6.45, 7) is 3.97. The maximum atomic E-state index is 12.0. The quantitative estimate of drug-likeness (QED) is 0.899. The van der Waals surface area contributed by atoms with Crippen molar-refractivity contribution in [1.29, 1.82) is 0 Å². The van der Waals surface area contributed by atoms with Gasteiger partial charge in [-0.1, -0.05) is 0 Å². The molecular weight excluding hydrogens is 280 g/mol. The summed E-state index contributed by atoms with van der Waals surface area (Å²) in [7, 11) is 3.84. The van der Waals surface area contributed by atoms with Crippen LogP contribution in [0.4, 0.5) is 17.3 Å². The highest BCUT2D eigenvalue weighted by molar-refractivity contribution is 5.55. The van der Waals surface area contributed by atoms with Crippen LogP contribution in [0.15, 0.2) is 35.3 Å². The van der Waals surface area contributed by atoms with E-state index in [0.717, 1.165) is 32.0 Å². The minimum atomic E-state index is -0.0903. The summed E-state index contributed by atoms with van der Waals surface area (Å²) >= 11 is 0. The Morgan fingerprint density at radius 3 is 2.50 bits per heavy atom. The Balaban J connectivity index is 1.72. The molecule has 3 rings (SSSR count). The molecule has 7 heteroatoms. The third-order valence-electron chi connectivity index (χ3n) is 3.86. The van der Waals surface area contributed by atoms with E-state index >= 15 is 0 Å². The van der Waals surface area contributed by atoms with E-state index in [9.17, 15) is 4.79 Å². The van der Waals surface area contributed by atoms with E-state index in [1.54, 1.807) is 19.3 Å².